The molecule has 0 bridgehead atoms. The molecular formula is C11H18N2. The van der Waals surface area contributed by atoms with Crippen LogP contribution in [0.2, 0.25) is 0 Å². The van der Waals surface area contributed by atoms with E-state index in [2.05, 4.69) is 23.3 Å². The fourth-order valence-corrected chi connectivity index (χ4v) is 1.23. The molecule has 2 nitrogen and oxygen atoms in total. The van der Waals surface area contributed by atoms with E-state index in [9.17, 15) is 0 Å². The first-order valence-corrected chi connectivity index (χ1v) is 5.03. The van der Waals surface area contributed by atoms with Crippen molar-refractivity contribution in [3.8, 4) is 0 Å². The third-order valence-electron chi connectivity index (χ3n) is 2.09. The number of nitrogens with zero attached hydrogens (tertiary/aromatic N) is 1. The molecule has 72 valence electrons. The highest BCUT2D eigenvalue weighted by molar-refractivity contribution is 5.07. The lowest BCUT2D eigenvalue weighted by Crippen LogP contribution is -2.03. The van der Waals surface area contributed by atoms with Crippen molar-refractivity contribution in [2.24, 2.45) is 0 Å². The third-order valence-corrected chi connectivity index (χ3v) is 2.09. The second-order valence-corrected chi connectivity index (χ2v) is 3.17. The molecule has 2 heterocycles. The van der Waals surface area contributed by atoms with E-state index in [4.69, 9.17) is 0 Å². The van der Waals surface area contributed by atoms with Gasteiger partial charge in [-0.25, -0.2) is 0 Å². The van der Waals surface area contributed by atoms with Crippen molar-refractivity contribution >= 4 is 0 Å². The molecule has 2 rings (SSSR count). The van der Waals surface area contributed by atoms with E-state index in [0.717, 1.165) is 6.42 Å². The fourth-order valence-electron chi connectivity index (χ4n) is 1.23. The van der Waals surface area contributed by atoms with E-state index in [0.29, 0.717) is 0 Å². The quantitative estimate of drug-likeness (QED) is 0.711. The summed E-state index contributed by atoms with van der Waals surface area (Å²) < 4.78 is 0. The highest BCUT2D eigenvalue weighted by Crippen LogP contribution is 1.93. The van der Waals surface area contributed by atoms with Crippen molar-refractivity contribution in [3.63, 3.8) is 0 Å². The van der Waals surface area contributed by atoms with Crippen LogP contribution in [0.3, 0.4) is 0 Å². The maximum Gasteiger partial charge on any atom is 0.0299 e. The second-order valence-electron chi connectivity index (χ2n) is 3.17. The summed E-state index contributed by atoms with van der Waals surface area (Å²) in [6.45, 7) is 4.62. The molecule has 0 aromatic carbocycles. The van der Waals surface area contributed by atoms with Gasteiger partial charge < -0.3 is 5.32 Å². The molecule has 13 heavy (non-hydrogen) atoms. The van der Waals surface area contributed by atoms with Crippen molar-refractivity contribution in [1.82, 2.24) is 10.3 Å². The molecule has 0 saturated carbocycles. The number of hydrogen-bond donors (Lipinski definition) is 1. The predicted octanol–water partition coefficient (Wildman–Crippen LogP) is 2.01. The monoisotopic (exact) mass is 178 g/mol. The van der Waals surface area contributed by atoms with E-state index in [1.807, 2.05) is 12.3 Å². The predicted molar refractivity (Wildman–Crippen MR) is 55.7 cm³/mol. The Bertz CT molecular complexity index is 197. The molecule has 1 aliphatic rings. The van der Waals surface area contributed by atoms with Gasteiger partial charge in [-0.15, -0.1) is 0 Å². The van der Waals surface area contributed by atoms with Crippen molar-refractivity contribution in [3.05, 3.63) is 30.1 Å². The minimum atomic E-state index is 1.08. The standard InChI is InChI=1S/C7H9N.C4H9N/c1-2-7-4-3-5-8-6-7;1-2-4-5-3-1/h3-6H,2H2,1H3;5H,1-4H2. The Kier molecular flexibility index (Phi) is 5.18. The van der Waals surface area contributed by atoms with Crippen LogP contribution in [0.4, 0.5) is 0 Å². The number of aromatic nitrogens is 1. The van der Waals surface area contributed by atoms with Gasteiger partial charge >= 0.3 is 0 Å². The summed E-state index contributed by atoms with van der Waals surface area (Å²) in [5.41, 5.74) is 1.30. The molecule has 0 spiro atoms. The molecule has 1 aromatic heterocycles. The van der Waals surface area contributed by atoms with Crippen LogP contribution in [-0.2, 0) is 6.42 Å². The van der Waals surface area contributed by atoms with Crippen LogP contribution in [0, 0.1) is 0 Å². The van der Waals surface area contributed by atoms with Gasteiger partial charge in [0.05, 0.1) is 0 Å². The first kappa shape index (κ1) is 10.2. The van der Waals surface area contributed by atoms with Crippen LogP contribution >= 0.6 is 0 Å². The molecule has 0 radical (unpaired) electrons. The lowest BCUT2D eigenvalue weighted by Gasteiger charge is -1.88. The average Bonchev–Trinajstić information content (AvgIpc) is 2.77. The third kappa shape index (κ3) is 4.63. The second kappa shape index (κ2) is 6.61. The number of nitrogens with one attached hydrogen (secondary N) is 1. The van der Waals surface area contributed by atoms with E-state index in [1.54, 1.807) is 6.20 Å². The highest BCUT2D eigenvalue weighted by Gasteiger charge is 1.93. The summed E-state index contributed by atoms with van der Waals surface area (Å²) in [6, 6.07) is 4.03. The lowest BCUT2D eigenvalue weighted by molar-refractivity contribution is 0.857. The van der Waals surface area contributed by atoms with Crippen LogP contribution in [0.15, 0.2) is 24.5 Å². The molecule has 0 aliphatic carbocycles. The zero-order valence-corrected chi connectivity index (χ0v) is 8.29. The lowest BCUT2D eigenvalue weighted by atomic mass is 10.2. The van der Waals surface area contributed by atoms with Gasteiger partial charge in [-0.1, -0.05) is 13.0 Å². The van der Waals surface area contributed by atoms with Crippen LogP contribution in [-0.4, -0.2) is 18.1 Å². The van der Waals surface area contributed by atoms with E-state index in [-0.39, 0.29) is 0 Å². The van der Waals surface area contributed by atoms with Gasteiger partial charge in [-0.3, -0.25) is 4.98 Å². The van der Waals surface area contributed by atoms with E-state index >= 15 is 0 Å². The number of hydrogen-bond acceptors (Lipinski definition) is 2. The van der Waals surface area contributed by atoms with Crippen LogP contribution in [0.25, 0.3) is 0 Å². The maximum absolute atomic E-state index is 3.96. The minimum Gasteiger partial charge on any atom is -0.317 e. The topological polar surface area (TPSA) is 24.9 Å². The Morgan fingerprint density at radius 2 is 2.15 bits per heavy atom. The van der Waals surface area contributed by atoms with E-state index < -0.39 is 0 Å². The molecule has 1 saturated heterocycles. The maximum atomic E-state index is 3.96. The summed E-state index contributed by atoms with van der Waals surface area (Å²) in [5.74, 6) is 0. The van der Waals surface area contributed by atoms with Crippen molar-refractivity contribution < 1.29 is 0 Å². The highest BCUT2D eigenvalue weighted by atomic mass is 14.9. The zero-order valence-electron chi connectivity index (χ0n) is 8.29. The van der Waals surface area contributed by atoms with Gasteiger partial charge in [0.2, 0.25) is 0 Å². The first-order valence-electron chi connectivity index (χ1n) is 5.03. The number of aryl methyl sites for hydroxylation is 1. The van der Waals surface area contributed by atoms with Crippen molar-refractivity contribution in [2.75, 3.05) is 13.1 Å². The Hall–Kier alpha value is -0.890. The van der Waals surface area contributed by atoms with Crippen molar-refractivity contribution in [2.45, 2.75) is 26.2 Å². The largest absolute Gasteiger partial charge is 0.317 e. The zero-order chi connectivity index (χ0) is 9.36. The van der Waals surface area contributed by atoms with Crippen LogP contribution in [0.5, 0.6) is 0 Å². The summed E-state index contributed by atoms with van der Waals surface area (Å²) in [7, 11) is 0. The van der Waals surface area contributed by atoms with Gasteiger partial charge in [0.1, 0.15) is 0 Å². The SMILES string of the molecule is C1CCNC1.CCc1cccnc1. The summed E-state index contributed by atoms with van der Waals surface area (Å²) in [6.07, 6.45) is 7.53. The van der Waals surface area contributed by atoms with Gasteiger partial charge in [0.15, 0.2) is 0 Å². The van der Waals surface area contributed by atoms with Crippen molar-refractivity contribution in [1.29, 1.82) is 0 Å². The summed E-state index contributed by atoms with van der Waals surface area (Å²) in [4.78, 5) is 3.96. The fraction of sp³-hybridized carbons (Fsp3) is 0.545. The minimum absolute atomic E-state index is 1.08. The smallest absolute Gasteiger partial charge is 0.0299 e. The molecule has 1 fully saturated rings. The normalized spacial score (nSPS) is 14.8. The Labute approximate surface area is 80.4 Å². The Morgan fingerprint density at radius 1 is 1.38 bits per heavy atom. The number of rotatable bonds is 1. The van der Waals surface area contributed by atoms with Crippen LogP contribution in [0.1, 0.15) is 25.3 Å². The average molecular weight is 178 g/mol. The first-order chi connectivity index (χ1) is 6.43. The molecule has 0 unspecified atom stereocenters. The van der Waals surface area contributed by atoms with Gasteiger partial charge in [-0.05, 0) is 44.0 Å². The molecule has 0 amide bonds. The molecule has 1 N–H and O–H groups in total. The Balaban J connectivity index is 0.000000145. The van der Waals surface area contributed by atoms with Gasteiger partial charge in [0, 0.05) is 12.4 Å². The molecule has 1 aromatic rings. The Morgan fingerprint density at radius 3 is 2.46 bits per heavy atom. The summed E-state index contributed by atoms with van der Waals surface area (Å²) >= 11 is 0. The molecule has 2 heteroatoms. The molecular weight excluding hydrogens is 160 g/mol. The molecule has 1 aliphatic heterocycles. The van der Waals surface area contributed by atoms with Crippen LogP contribution < -0.4 is 5.32 Å². The van der Waals surface area contributed by atoms with Gasteiger partial charge in [-0.2, -0.15) is 0 Å². The number of pyridine rings is 1. The van der Waals surface area contributed by atoms with E-state index in [1.165, 1.54) is 31.5 Å². The summed E-state index contributed by atoms with van der Waals surface area (Å²) in [5, 5.41) is 3.22. The van der Waals surface area contributed by atoms with Gasteiger partial charge in [0.25, 0.3) is 0 Å². The molecule has 0 atom stereocenters.